The first-order valence-corrected chi connectivity index (χ1v) is 4.16. The number of cyclic esters (lactones) is 1. The standard InChI is InChI=1S/C6H10O2.C3H4O2/c7-6-4-2-1-3-5-8-6;1-2-3(4)5/h1-5H2;2H,1H2,(H,4,5)/p-1. The van der Waals surface area contributed by atoms with Gasteiger partial charge < -0.3 is 14.6 Å². The van der Waals surface area contributed by atoms with Crippen molar-refractivity contribution in [3.63, 3.8) is 0 Å². The monoisotopic (exact) mass is 185 g/mol. The van der Waals surface area contributed by atoms with Crippen LogP contribution in [-0.2, 0) is 14.3 Å². The molecule has 4 nitrogen and oxygen atoms in total. The molecular weight excluding hydrogens is 172 g/mol. The second-order valence-corrected chi connectivity index (χ2v) is 2.55. The molecule has 0 aromatic heterocycles. The molecule has 1 aliphatic rings. The van der Waals surface area contributed by atoms with Gasteiger partial charge in [0, 0.05) is 6.42 Å². The van der Waals surface area contributed by atoms with Crippen molar-refractivity contribution in [2.24, 2.45) is 0 Å². The first-order chi connectivity index (χ1) is 6.16. The molecule has 0 atom stereocenters. The molecule has 1 aliphatic heterocycles. The second kappa shape index (κ2) is 7.34. The summed E-state index contributed by atoms with van der Waals surface area (Å²) < 4.78 is 4.76. The predicted molar refractivity (Wildman–Crippen MR) is 44.6 cm³/mol. The molecule has 0 bridgehead atoms. The Labute approximate surface area is 77.2 Å². The van der Waals surface area contributed by atoms with Gasteiger partial charge in [0.2, 0.25) is 0 Å². The van der Waals surface area contributed by atoms with Crippen LogP contribution in [0.25, 0.3) is 0 Å². The number of carbonyl (C=O) groups is 2. The Kier molecular flexibility index (Phi) is 6.59. The van der Waals surface area contributed by atoms with Gasteiger partial charge in [0.15, 0.2) is 0 Å². The van der Waals surface area contributed by atoms with E-state index in [0.29, 0.717) is 13.0 Å². The summed E-state index contributed by atoms with van der Waals surface area (Å²) in [5.41, 5.74) is 0. The molecule has 74 valence electrons. The Bertz CT molecular complexity index is 176. The smallest absolute Gasteiger partial charge is 0.305 e. The lowest BCUT2D eigenvalue weighted by Crippen LogP contribution is -2.17. The lowest BCUT2D eigenvalue weighted by atomic mass is 10.2. The van der Waals surface area contributed by atoms with Crippen LogP contribution in [0.4, 0.5) is 0 Å². The molecule has 0 aromatic carbocycles. The number of aliphatic carboxylic acids is 1. The minimum absolute atomic E-state index is 0.0255. The van der Waals surface area contributed by atoms with Gasteiger partial charge in [-0.05, 0) is 25.3 Å². The summed E-state index contributed by atoms with van der Waals surface area (Å²) in [6, 6.07) is 0. The highest BCUT2D eigenvalue weighted by Crippen LogP contribution is 2.06. The first-order valence-electron chi connectivity index (χ1n) is 4.16. The summed E-state index contributed by atoms with van der Waals surface area (Å²) >= 11 is 0. The van der Waals surface area contributed by atoms with Crippen molar-refractivity contribution in [3.05, 3.63) is 12.7 Å². The van der Waals surface area contributed by atoms with Crippen molar-refractivity contribution in [2.75, 3.05) is 6.61 Å². The average Bonchev–Trinajstić information content (AvgIpc) is 2.33. The third kappa shape index (κ3) is 8.59. The van der Waals surface area contributed by atoms with E-state index in [1.54, 1.807) is 0 Å². The van der Waals surface area contributed by atoms with Crippen LogP contribution in [0.2, 0.25) is 0 Å². The Morgan fingerprint density at radius 2 is 2.08 bits per heavy atom. The van der Waals surface area contributed by atoms with Crippen molar-refractivity contribution in [1.29, 1.82) is 0 Å². The summed E-state index contributed by atoms with van der Waals surface area (Å²) in [5, 5.41) is 9.14. The third-order valence-corrected chi connectivity index (χ3v) is 1.45. The van der Waals surface area contributed by atoms with E-state index >= 15 is 0 Å². The van der Waals surface area contributed by atoms with Crippen LogP contribution < -0.4 is 5.11 Å². The molecule has 0 aromatic rings. The van der Waals surface area contributed by atoms with Gasteiger partial charge in [-0.3, -0.25) is 4.79 Å². The maximum Gasteiger partial charge on any atom is 0.305 e. The molecule has 0 aliphatic carbocycles. The van der Waals surface area contributed by atoms with Crippen LogP contribution in [0, 0.1) is 0 Å². The summed E-state index contributed by atoms with van der Waals surface area (Å²) in [7, 11) is 0. The van der Waals surface area contributed by atoms with Crippen molar-refractivity contribution in [1.82, 2.24) is 0 Å². The highest BCUT2D eigenvalue weighted by atomic mass is 16.5. The quantitative estimate of drug-likeness (QED) is 0.427. The molecule has 0 unspecified atom stereocenters. The fraction of sp³-hybridized carbons (Fsp3) is 0.556. The molecule has 0 spiro atoms. The van der Waals surface area contributed by atoms with Gasteiger partial charge in [-0.25, -0.2) is 0 Å². The van der Waals surface area contributed by atoms with E-state index in [-0.39, 0.29) is 5.97 Å². The van der Waals surface area contributed by atoms with E-state index in [1.807, 2.05) is 0 Å². The van der Waals surface area contributed by atoms with Crippen LogP contribution in [-0.4, -0.2) is 18.5 Å². The SMILES string of the molecule is C=CC(=O)[O-].O=C1CCCCCO1. The van der Waals surface area contributed by atoms with Crippen molar-refractivity contribution < 1.29 is 19.4 Å². The zero-order valence-electron chi connectivity index (χ0n) is 7.45. The Morgan fingerprint density at radius 1 is 1.46 bits per heavy atom. The number of rotatable bonds is 1. The van der Waals surface area contributed by atoms with Gasteiger partial charge in [0.25, 0.3) is 0 Å². The van der Waals surface area contributed by atoms with Crippen LogP contribution in [0.3, 0.4) is 0 Å². The number of ether oxygens (including phenoxy) is 1. The van der Waals surface area contributed by atoms with Crippen LogP contribution in [0.1, 0.15) is 25.7 Å². The molecule has 0 N–H and O–H groups in total. The number of esters is 1. The van der Waals surface area contributed by atoms with Crippen LogP contribution in [0.5, 0.6) is 0 Å². The topological polar surface area (TPSA) is 66.4 Å². The molecule has 1 heterocycles. The predicted octanol–water partition coefficient (Wildman–Crippen LogP) is 0.0259. The highest BCUT2D eigenvalue weighted by molar-refractivity contribution is 5.76. The van der Waals surface area contributed by atoms with E-state index in [2.05, 4.69) is 6.58 Å². The summed E-state index contributed by atoms with van der Waals surface area (Å²) in [5.74, 6) is -1.26. The maximum atomic E-state index is 10.5. The van der Waals surface area contributed by atoms with Crippen molar-refractivity contribution in [3.8, 4) is 0 Å². The van der Waals surface area contributed by atoms with Crippen molar-refractivity contribution >= 4 is 11.9 Å². The fourth-order valence-corrected chi connectivity index (χ4v) is 0.806. The normalized spacial score (nSPS) is 15.8. The zero-order valence-corrected chi connectivity index (χ0v) is 7.45. The van der Waals surface area contributed by atoms with Crippen LogP contribution in [0.15, 0.2) is 12.7 Å². The van der Waals surface area contributed by atoms with E-state index < -0.39 is 5.97 Å². The number of carboxylic acid groups (broad SMARTS) is 1. The number of hydrogen-bond acceptors (Lipinski definition) is 4. The van der Waals surface area contributed by atoms with Gasteiger partial charge in [-0.15, -0.1) is 0 Å². The molecule has 0 saturated carbocycles. The largest absolute Gasteiger partial charge is 0.545 e. The minimum Gasteiger partial charge on any atom is -0.545 e. The van der Waals surface area contributed by atoms with Gasteiger partial charge in [0.05, 0.1) is 12.6 Å². The lowest BCUT2D eigenvalue weighted by Gasteiger charge is -1.93. The summed E-state index contributed by atoms with van der Waals surface area (Å²) in [6.07, 6.45) is 4.55. The molecule has 0 radical (unpaired) electrons. The molecule has 1 saturated heterocycles. The van der Waals surface area contributed by atoms with E-state index in [4.69, 9.17) is 14.6 Å². The number of hydrogen-bond donors (Lipinski definition) is 0. The minimum atomic E-state index is -1.23. The number of carbonyl (C=O) groups excluding carboxylic acids is 2. The van der Waals surface area contributed by atoms with Gasteiger partial charge in [0.1, 0.15) is 0 Å². The maximum absolute atomic E-state index is 10.5. The zero-order chi connectivity index (χ0) is 10.1. The number of carboxylic acids is 1. The van der Waals surface area contributed by atoms with E-state index in [9.17, 15) is 4.79 Å². The van der Waals surface area contributed by atoms with Gasteiger partial charge in [-0.2, -0.15) is 0 Å². The molecule has 13 heavy (non-hydrogen) atoms. The Hall–Kier alpha value is -1.32. The van der Waals surface area contributed by atoms with Gasteiger partial charge in [-0.1, -0.05) is 6.58 Å². The van der Waals surface area contributed by atoms with E-state index in [1.165, 1.54) is 0 Å². The van der Waals surface area contributed by atoms with Crippen LogP contribution >= 0.6 is 0 Å². The summed E-state index contributed by atoms with van der Waals surface area (Å²) in [6.45, 7) is 3.54. The molecule has 1 rings (SSSR count). The fourth-order valence-electron chi connectivity index (χ4n) is 0.806. The highest BCUT2D eigenvalue weighted by Gasteiger charge is 2.05. The molecule has 0 amide bonds. The Balaban J connectivity index is 0.000000252. The summed E-state index contributed by atoms with van der Waals surface area (Å²) in [4.78, 5) is 19.6. The third-order valence-electron chi connectivity index (χ3n) is 1.45. The first kappa shape index (κ1) is 11.7. The molecule has 4 heteroatoms. The van der Waals surface area contributed by atoms with Gasteiger partial charge >= 0.3 is 5.97 Å². The van der Waals surface area contributed by atoms with E-state index in [0.717, 1.165) is 25.3 Å². The molecule has 1 fully saturated rings. The van der Waals surface area contributed by atoms with Crippen molar-refractivity contribution in [2.45, 2.75) is 25.7 Å². The average molecular weight is 185 g/mol. The second-order valence-electron chi connectivity index (χ2n) is 2.55. The Morgan fingerprint density at radius 3 is 2.62 bits per heavy atom. The molecular formula is C9H13O4-. The lowest BCUT2D eigenvalue weighted by molar-refractivity contribution is -0.297.